The van der Waals surface area contributed by atoms with Crippen LogP contribution in [-0.2, 0) is 19.2 Å². The van der Waals surface area contributed by atoms with Crippen LogP contribution in [0.1, 0.15) is 27.7 Å². The SMILES string of the molecule is CC(C)(C(=O)O)N(CCOc1cc(Br)ccc1OCCN(C[13C](=O)O)C[13C](=O)O)[13C](C)(C)[13C](=O)O. The van der Waals surface area contributed by atoms with Crippen molar-refractivity contribution < 1.29 is 49.1 Å². The first kappa shape index (κ1) is 30.1. The summed E-state index contributed by atoms with van der Waals surface area (Å²) in [5.41, 5.74) is -3.00. The molecule has 0 unspecified atom stereocenters. The highest BCUT2D eigenvalue weighted by Crippen LogP contribution is 2.31. The number of halogens is 1. The van der Waals surface area contributed by atoms with Gasteiger partial charge in [0.25, 0.3) is 0 Å². The van der Waals surface area contributed by atoms with Crippen LogP contribution in [0.4, 0.5) is 0 Å². The summed E-state index contributed by atoms with van der Waals surface area (Å²) in [6, 6.07) is 4.89. The maximum absolute atomic E-state index is 11.8. The topological polar surface area (TPSA) is 174 Å². The van der Waals surface area contributed by atoms with Crippen LogP contribution in [0.2, 0.25) is 0 Å². The number of ether oxygens (including phenoxy) is 2. The number of hydrogen-bond donors (Lipinski definition) is 4. The average Bonchev–Trinajstić information content (AvgIpc) is 2.71. The standard InChI is InChI=1S/C22H31BrN2O10/c1-21(2,19(30)31)25(22(3,4)20(32)33)8-10-35-16-11-14(23)5-6-15(16)34-9-7-24(12-17(26)27)13-18(28)29/h5-6,11H,7-10,12-13H2,1-4H3,(H,26,27)(H,28,29)(H,30,31)(H,32,33)/i17+1,18+1,19+1,21+1. The highest BCUT2D eigenvalue weighted by molar-refractivity contribution is 9.10. The minimum atomic E-state index is -1.50. The minimum Gasteiger partial charge on any atom is -0.488 e. The lowest BCUT2D eigenvalue weighted by Crippen LogP contribution is -2.63. The molecule has 4 N–H and O–H groups in total. The zero-order valence-corrected chi connectivity index (χ0v) is 21.6. The first-order chi connectivity index (χ1) is 16.1. The normalized spacial score (nSPS) is 12.0. The van der Waals surface area contributed by atoms with Crippen LogP contribution >= 0.6 is 15.9 Å². The summed E-state index contributed by atoms with van der Waals surface area (Å²) in [6.45, 7) is 4.62. The maximum Gasteiger partial charge on any atom is 0.323 e. The van der Waals surface area contributed by atoms with E-state index in [9.17, 15) is 29.4 Å². The second-order valence-corrected chi connectivity index (χ2v) is 9.58. The Morgan fingerprint density at radius 2 is 1.26 bits per heavy atom. The summed E-state index contributed by atoms with van der Waals surface area (Å²) in [4.78, 5) is 48.0. The molecule has 0 aliphatic carbocycles. The lowest BCUT2D eigenvalue weighted by molar-refractivity contribution is -0.164. The Bertz CT molecular complexity index is 893. The van der Waals surface area contributed by atoms with E-state index in [1.807, 2.05) is 0 Å². The molecule has 0 spiro atoms. The fourth-order valence-corrected chi connectivity index (χ4v) is 3.67. The van der Waals surface area contributed by atoms with Gasteiger partial charge >= 0.3 is 23.9 Å². The second-order valence-electron chi connectivity index (χ2n) is 8.67. The lowest BCUT2D eigenvalue weighted by atomic mass is 10.0. The van der Waals surface area contributed by atoms with E-state index in [-0.39, 0.29) is 32.1 Å². The Hall–Kier alpha value is -2.90. The van der Waals surface area contributed by atoms with E-state index in [4.69, 9.17) is 19.7 Å². The van der Waals surface area contributed by atoms with Gasteiger partial charge in [0, 0.05) is 17.6 Å². The van der Waals surface area contributed by atoms with Crippen molar-refractivity contribution in [3.8, 4) is 11.5 Å². The molecule has 0 amide bonds. The third-order valence-electron chi connectivity index (χ3n) is 5.26. The molecule has 0 aliphatic rings. The molecule has 1 rings (SSSR count). The Morgan fingerprint density at radius 1 is 0.800 bits per heavy atom. The Morgan fingerprint density at radius 3 is 1.71 bits per heavy atom. The van der Waals surface area contributed by atoms with Gasteiger partial charge in [-0.3, -0.25) is 29.0 Å². The van der Waals surface area contributed by atoms with Crippen LogP contribution in [-0.4, -0.2) is 105 Å². The van der Waals surface area contributed by atoms with E-state index < -0.39 is 48.0 Å². The monoisotopic (exact) mass is 566 g/mol. The fraction of sp³-hybridized carbons (Fsp3) is 0.545. The summed E-state index contributed by atoms with van der Waals surface area (Å²) >= 11 is 3.32. The third kappa shape index (κ3) is 9.00. The Kier molecular flexibility index (Phi) is 10.9. The van der Waals surface area contributed by atoms with Crippen LogP contribution in [0.3, 0.4) is 0 Å². The molecule has 196 valence electrons. The van der Waals surface area contributed by atoms with Crippen LogP contribution in [0.15, 0.2) is 22.7 Å². The van der Waals surface area contributed by atoms with Gasteiger partial charge in [0.2, 0.25) is 0 Å². The maximum atomic E-state index is 11.8. The predicted molar refractivity (Wildman–Crippen MR) is 127 cm³/mol. The summed E-state index contributed by atoms with van der Waals surface area (Å²) < 4.78 is 12.1. The van der Waals surface area contributed by atoms with E-state index in [2.05, 4.69) is 15.9 Å². The lowest BCUT2D eigenvalue weighted by Gasteiger charge is -2.43. The van der Waals surface area contributed by atoms with E-state index in [1.54, 1.807) is 18.2 Å². The molecule has 12 nitrogen and oxygen atoms in total. The van der Waals surface area contributed by atoms with Gasteiger partial charge in [0.1, 0.15) is 24.3 Å². The molecule has 0 radical (unpaired) electrons. The van der Waals surface area contributed by atoms with Crippen LogP contribution in [0.5, 0.6) is 11.5 Å². The molecule has 0 atom stereocenters. The van der Waals surface area contributed by atoms with Gasteiger partial charge in [0.05, 0.1) is 13.1 Å². The van der Waals surface area contributed by atoms with Crippen LogP contribution in [0, 0.1) is 0 Å². The first-order valence-electron chi connectivity index (χ1n) is 10.5. The van der Waals surface area contributed by atoms with E-state index in [0.717, 1.165) is 0 Å². The largest absolute Gasteiger partial charge is 0.488 e. The smallest absolute Gasteiger partial charge is 0.323 e. The highest BCUT2D eigenvalue weighted by Gasteiger charge is 2.46. The molecule has 0 bridgehead atoms. The first-order valence-corrected chi connectivity index (χ1v) is 11.3. The molecule has 1 aromatic rings. The van der Waals surface area contributed by atoms with Gasteiger partial charge in [-0.2, -0.15) is 0 Å². The number of benzene rings is 1. The van der Waals surface area contributed by atoms with Gasteiger partial charge in [-0.05, 0) is 45.9 Å². The van der Waals surface area contributed by atoms with Gasteiger partial charge in [-0.15, -0.1) is 0 Å². The number of carbonyl (C=O) groups is 4. The van der Waals surface area contributed by atoms with E-state index >= 15 is 0 Å². The van der Waals surface area contributed by atoms with Crippen molar-refractivity contribution in [2.45, 2.75) is 38.8 Å². The fourth-order valence-electron chi connectivity index (χ4n) is 3.33. The molecule has 13 heteroatoms. The molecular weight excluding hydrogens is 536 g/mol. The highest BCUT2D eigenvalue weighted by atomic mass is 79.9. The zero-order chi connectivity index (χ0) is 27.0. The van der Waals surface area contributed by atoms with Crippen LogP contribution < -0.4 is 9.47 Å². The summed E-state index contributed by atoms with van der Waals surface area (Å²) in [7, 11) is 0. The van der Waals surface area contributed by atoms with Gasteiger partial charge in [-0.25, -0.2) is 0 Å². The summed E-state index contributed by atoms with van der Waals surface area (Å²) in [5, 5.41) is 37.1. The van der Waals surface area contributed by atoms with Crippen molar-refractivity contribution in [1.82, 2.24) is 9.80 Å². The van der Waals surface area contributed by atoms with E-state index in [1.165, 1.54) is 37.5 Å². The molecule has 35 heavy (non-hydrogen) atoms. The number of carboxylic acid groups (broad SMARTS) is 4. The van der Waals surface area contributed by atoms with Crippen molar-refractivity contribution >= 4 is 39.8 Å². The van der Waals surface area contributed by atoms with E-state index in [0.29, 0.717) is 10.2 Å². The van der Waals surface area contributed by atoms with Gasteiger partial charge < -0.3 is 29.9 Å². The minimum absolute atomic E-state index is 0.0250. The van der Waals surface area contributed by atoms with Gasteiger partial charge in [0.15, 0.2) is 11.5 Å². The summed E-state index contributed by atoms with van der Waals surface area (Å²) in [5.74, 6) is -4.14. The van der Waals surface area contributed by atoms with Crippen molar-refractivity contribution in [2.24, 2.45) is 0 Å². The van der Waals surface area contributed by atoms with Crippen molar-refractivity contribution in [1.29, 1.82) is 0 Å². The number of nitrogens with zero attached hydrogens (tertiary/aromatic N) is 2. The van der Waals surface area contributed by atoms with Crippen molar-refractivity contribution in [3.63, 3.8) is 0 Å². The zero-order valence-electron chi connectivity index (χ0n) is 20.0. The second kappa shape index (κ2) is 12.7. The molecule has 0 aromatic heterocycles. The quantitative estimate of drug-likeness (QED) is 0.213. The van der Waals surface area contributed by atoms with Crippen molar-refractivity contribution in [3.05, 3.63) is 22.7 Å². The molecule has 0 saturated heterocycles. The molecule has 1 aromatic carbocycles. The summed E-state index contributed by atoms with van der Waals surface area (Å²) in [6.07, 6.45) is 0. The molecule has 0 heterocycles. The van der Waals surface area contributed by atoms with Gasteiger partial charge in [-0.1, -0.05) is 15.9 Å². The number of aliphatic carboxylic acids is 4. The van der Waals surface area contributed by atoms with Crippen molar-refractivity contribution in [2.75, 3.05) is 39.4 Å². The molecule has 0 aliphatic heterocycles. The Labute approximate surface area is 211 Å². The van der Waals surface area contributed by atoms with Crippen LogP contribution in [0.25, 0.3) is 0 Å². The number of hydrogen-bond acceptors (Lipinski definition) is 8. The molecule has 0 fully saturated rings. The number of rotatable bonds is 16. The predicted octanol–water partition coefficient (Wildman–Crippen LogP) is 1.71. The average molecular weight is 567 g/mol. The number of carboxylic acids is 4. The molecular formula is C22H31BrN2O10. The third-order valence-corrected chi connectivity index (χ3v) is 5.75. The Balaban J connectivity index is 2.94. The molecule has 0 saturated carbocycles.